The predicted molar refractivity (Wildman–Crippen MR) is 89.5 cm³/mol. The maximum absolute atomic E-state index is 5.72. The van der Waals surface area contributed by atoms with Gasteiger partial charge in [-0.15, -0.1) is 0 Å². The number of fused-ring (bicyclic) bond motifs is 1. The van der Waals surface area contributed by atoms with Crippen molar-refractivity contribution in [3.63, 3.8) is 0 Å². The van der Waals surface area contributed by atoms with E-state index < -0.39 is 0 Å². The fourth-order valence-electron chi connectivity index (χ4n) is 3.51. The van der Waals surface area contributed by atoms with E-state index in [2.05, 4.69) is 35.5 Å². The Labute approximate surface area is 131 Å². The molecular formula is C17H24N2OS. The molecule has 1 aliphatic rings. The van der Waals surface area contributed by atoms with Crippen molar-refractivity contribution in [1.29, 1.82) is 0 Å². The number of hydrogen-bond acceptors (Lipinski definition) is 2. The van der Waals surface area contributed by atoms with Crippen LogP contribution in [-0.2, 0) is 0 Å². The monoisotopic (exact) mass is 304 g/mol. The number of para-hydroxylation sites is 1. The van der Waals surface area contributed by atoms with Gasteiger partial charge in [-0.05, 0) is 62.4 Å². The number of H-pyrrole nitrogens is 1. The van der Waals surface area contributed by atoms with Crippen LogP contribution in [0.25, 0.3) is 11.0 Å². The number of aromatic nitrogens is 2. The second-order valence-electron chi connectivity index (χ2n) is 6.30. The number of aromatic amines is 1. The van der Waals surface area contributed by atoms with Gasteiger partial charge in [0, 0.05) is 6.04 Å². The highest BCUT2D eigenvalue weighted by atomic mass is 32.1. The predicted octanol–water partition coefficient (Wildman–Crippen LogP) is 5.09. The van der Waals surface area contributed by atoms with E-state index in [0.717, 1.165) is 27.9 Å². The third-order valence-electron chi connectivity index (χ3n) is 4.95. The maximum atomic E-state index is 5.72. The van der Waals surface area contributed by atoms with Crippen molar-refractivity contribution in [3.8, 4) is 5.75 Å². The van der Waals surface area contributed by atoms with Crippen molar-refractivity contribution in [2.75, 3.05) is 6.61 Å². The molecule has 0 saturated heterocycles. The molecule has 1 fully saturated rings. The molecule has 0 radical (unpaired) electrons. The van der Waals surface area contributed by atoms with Crippen LogP contribution in [0.1, 0.15) is 46.1 Å². The molecule has 0 aliphatic heterocycles. The fourth-order valence-corrected chi connectivity index (χ4v) is 3.86. The Morgan fingerprint density at radius 1 is 1.29 bits per heavy atom. The molecule has 1 N–H and O–H groups in total. The van der Waals surface area contributed by atoms with E-state index in [1.807, 2.05) is 13.0 Å². The molecule has 3 nitrogen and oxygen atoms in total. The number of rotatable bonds is 3. The van der Waals surface area contributed by atoms with Gasteiger partial charge in [-0.1, -0.05) is 19.9 Å². The molecule has 21 heavy (non-hydrogen) atoms. The second kappa shape index (κ2) is 5.84. The molecule has 3 unspecified atom stereocenters. The minimum absolute atomic E-state index is 0.509. The van der Waals surface area contributed by atoms with E-state index in [-0.39, 0.29) is 0 Å². The van der Waals surface area contributed by atoms with Gasteiger partial charge >= 0.3 is 0 Å². The Morgan fingerprint density at radius 3 is 2.81 bits per heavy atom. The van der Waals surface area contributed by atoms with E-state index in [4.69, 9.17) is 17.0 Å². The first-order valence-corrected chi connectivity index (χ1v) is 8.38. The number of ether oxygens (including phenoxy) is 1. The van der Waals surface area contributed by atoms with E-state index in [0.29, 0.717) is 12.6 Å². The topological polar surface area (TPSA) is 29.9 Å². The minimum atomic E-state index is 0.509. The molecule has 3 atom stereocenters. The summed E-state index contributed by atoms with van der Waals surface area (Å²) in [6.45, 7) is 7.40. The molecule has 1 saturated carbocycles. The van der Waals surface area contributed by atoms with Crippen LogP contribution in [0.15, 0.2) is 18.2 Å². The van der Waals surface area contributed by atoms with Gasteiger partial charge in [-0.3, -0.25) is 0 Å². The Balaban J connectivity index is 2.05. The zero-order chi connectivity index (χ0) is 15.0. The van der Waals surface area contributed by atoms with Crippen molar-refractivity contribution in [3.05, 3.63) is 23.0 Å². The first-order chi connectivity index (χ1) is 10.1. The fraction of sp³-hybridized carbons (Fsp3) is 0.588. The third kappa shape index (κ3) is 2.61. The first kappa shape index (κ1) is 14.6. The molecule has 0 amide bonds. The maximum Gasteiger partial charge on any atom is 0.178 e. The molecule has 1 heterocycles. The molecule has 0 bridgehead atoms. The minimum Gasteiger partial charge on any atom is -0.492 e. The SMILES string of the molecule is CCOc1cccc2c1[nH]c(=S)n2C1CCC(C)C(C)C1. The number of nitrogens with zero attached hydrogens (tertiary/aromatic N) is 1. The zero-order valence-electron chi connectivity index (χ0n) is 13.1. The molecule has 1 aromatic carbocycles. The van der Waals surface area contributed by atoms with Gasteiger partial charge in [0.05, 0.1) is 12.1 Å². The third-order valence-corrected chi connectivity index (χ3v) is 5.25. The Kier molecular flexibility index (Phi) is 4.07. The molecule has 2 aromatic rings. The van der Waals surface area contributed by atoms with Crippen LogP contribution in [0.4, 0.5) is 0 Å². The number of nitrogens with one attached hydrogen (secondary N) is 1. The van der Waals surface area contributed by atoms with Crippen LogP contribution in [0.5, 0.6) is 5.75 Å². The van der Waals surface area contributed by atoms with Crippen molar-refractivity contribution < 1.29 is 4.74 Å². The van der Waals surface area contributed by atoms with Gasteiger partial charge in [0.1, 0.15) is 11.3 Å². The molecule has 3 rings (SSSR count). The average Bonchev–Trinajstić information content (AvgIpc) is 2.80. The molecule has 114 valence electrons. The van der Waals surface area contributed by atoms with Crippen LogP contribution in [0.2, 0.25) is 0 Å². The van der Waals surface area contributed by atoms with Gasteiger partial charge in [0.25, 0.3) is 0 Å². The summed E-state index contributed by atoms with van der Waals surface area (Å²) in [5.74, 6) is 2.47. The molecular weight excluding hydrogens is 280 g/mol. The zero-order valence-corrected chi connectivity index (χ0v) is 13.9. The average molecular weight is 304 g/mol. The largest absolute Gasteiger partial charge is 0.492 e. The lowest BCUT2D eigenvalue weighted by Crippen LogP contribution is -2.23. The molecule has 4 heteroatoms. The Hall–Kier alpha value is -1.29. The first-order valence-electron chi connectivity index (χ1n) is 7.97. The summed E-state index contributed by atoms with van der Waals surface area (Å²) in [5.41, 5.74) is 2.22. The lowest BCUT2D eigenvalue weighted by atomic mass is 9.79. The quantitative estimate of drug-likeness (QED) is 0.800. The van der Waals surface area contributed by atoms with Crippen LogP contribution < -0.4 is 4.74 Å². The summed E-state index contributed by atoms with van der Waals surface area (Å²) in [6, 6.07) is 6.72. The normalized spacial score (nSPS) is 26.1. The van der Waals surface area contributed by atoms with Crippen LogP contribution >= 0.6 is 12.2 Å². The number of hydrogen-bond donors (Lipinski definition) is 1. The highest BCUT2D eigenvalue weighted by molar-refractivity contribution is 7.71. The summed E-state index contributed by atoms with van der Waals surface area (Å²) in [7, 11) is 0. The lowest BCUT2D eigenvalue weighted by Gasteiger charge is -2.33. The van der Waals surface area contributed by atoms with E-state index in [9.17, 15) is 0 Å². The molecule has 1 aromatic heterocycles. The van der Waals surface area contributed by atoms with Gasteiger partial charge in [-0.25, -0.2) is 0 Å². The Morgan fingerprint density at radius 2 is 2.10 bits per heavy atom. The van der Waals surface area contributed by atoms with Crippen molar-refractivity contribution in [2.24, 2.45) is 11.8 Å². The summed E-state index contributed by atoms with van der Waals surface area (Å²) in [6.07, 6.45) is 3.71. The summed E-state index contributed by atoms with van der Waals surface area (Å²) in [5, 5.41) is 0. The molecule has 1 aliphatic carbocycles. The van der Waals surface area contributed by atoms with Gasteiger partial charge in [-0.2, -0.15) is 0 Å². The van der Waals surface area contributed by atoms with Crippen LogP contribution in [0, 0.1) is 16.6 Å². The highest BCUT2D eigenvalue weighted by Gasteiger charge is 2.27. The summed E-state index contributed by atoms with van der Waals surface area (Å²) < 4.78 is 8.86. The van der Waals surface area contributed by atoms with Gasteiger partial charge in [0.2, 0.25) is 0 Å². The summed E-state index contributed by atoms with van der Waals surface area (Å²) >= 11 is 5.60. The van der Waals surface area contributed by atoms with Crippen LogP contribution in [0.3, 0.4) is 0 Å². The summed E-state index contributed by atoms with van der Waals surface area (Å²) in [4.78, 5) is 3.36. The standard InChI is InChI=1S/C17H24N2OS/c1-4-20-15-7-5-6-14-16(15)18-17(21)19(14)13-9-8-11(2)12(3)10-13/h5-7,11-13H,4,8-10H2,1-3H3,(H,18,21). The van der Waals surface area contributed by atoms with Gasteiger partial charge in [0.15, 0.2) is 4.77 Å². The lowest BCUT2D eigenvalue weighted by molar-refractivity contribution is 0.212. The second-order valence-corrected chi connectivity index (χ2v) is 6.69. The van der Waals surface area contributed by atoms with Crippen molar-refractivity contribution >= 4 is 23.3 Å². The van der Waals surface area contributed by atoms with E-state index >= 15 is 0 Å². The van der Waals surface area contributed by atoms with Crippen molar-refractivity contribution in [1.82, 2.24) is 9.55 Å². The van der Waals surface area contributed by atoms with Crippen LogP contribution in [-0.4, -0.2) is 16.2 Å². The smallest absolute Gasteiger partial charge is 0.178 e. The highest BCUT2D eigenvalue weighted by Crippen LogP contribution is 2.38. The Bertz CT molecular complexity index is 688. The number of imidazole rings is 1. The van der Waals surface area contributed by atoms with Gasteiger partial charge < -0.3 is 14.3 Å². The number of benzene rings is 1. The van der Waals surface area contributed by atoms with Crippen molar-refractivity contribution in [2.45, 2.75) is 46.1 Å². The molecule has 0 spiro atoms. The van der Waals surface area contributed by atoms with E-state index in [1.54, 1.807) is 0 Å². The van der Waals surface area contributed by atoms with E-state index in [1.165, 1.54) is 24.8 Å².